The molecule has 1 amide bonds. The molecule has 0 aromatic carbocycles. The Hall–Kier alpha value is -0.820. The summed E-state index contributed by atoms with van der Waals surface area (Å²) < 4.78 is 37.0. The second-order valence-corrected chi connectivity index (χ2v) is 6.64. The molecule has 0 aromatic heterocycles. The van der Waals surface area contributed by atoms with Crippen molar-refractivity contribution in [2.24, 2.45) is 11.8 Å². The molecule has 0 aromatic rings. The van der Waals surface area contributed by atoms with Crippen LogP contribution in [0.1, 0.15) is 25.7 Å². The Morgan fingerprint density at radius 3 is 2.71 bits per heavy atom. The highest BCUT2D eigenvalue weighted by Crippen LogP contribution is 2.33. The van der Waals surface area contributed by atoms with Crippen molar-refractivity contribution >= 4 is 5.91 Å². The molecule has 4 atom stereocenters. The number of carbonyl (C=O) groups excluding carboxylic acids is 1. The second-order valence-electron chi connectivity index (χ2n) is 6.64. The molecule has 7 heteroatoms. The van der Waals surface area contributed by atoms with E-state index in [9.17, 15) is 18.0 Å². The molecular weight excluding hydrogens is 283 g/mol. The number of likely N-dealkylation sites (tertiary alicyclic amines) is 1. The third kappa shape index (κ3) is 3.69. The van der Waals surface area contributed by atoms with Crippen LogP contribution in [-0.2, 0) is 4.79 Å². The van der Waals surface area contributed by atoms with Gasteiger partial charge in [0, 0.05) is 25.2 Å². The van der Waals surface area contributed by atoms with E-state index in [-0.39, 0.29) is 17.7 Å². The van der Waals surface area contributed by atoms with Gasteiger partial charge >= 0.3 is 6.18 Å². The van der Waals surface area contributed by atoms with Gasteiger partial charge in [0.15, 0.2) is 0 Å². The molecule has 0 aliphatic carbocycles. The Bertz CT molecular complexity index is 401. The van der Waals surface area contributed by atoms with Crippen LogP contribution >= 0.6 is 0 Å². The number of halogens is 3. The normalized spacial score (nSPS) is 36.3. The van der Waals surface area contributed by atoms with Gasteiger partial charge in [-0.25, -0.2) is 0 Å². The Morgan fingerprint density at radius 1 is 1.29 bits per heavy atom. The van der Waals surface area contributed by atoms with Crippen LogP contribution in [-0.4, -0.2) is 55.2 Å². The van der Waals surface area contributed by atoms with Gasteiger partial charge in [-0.1, -0.05) is 0 Å². The molecule has 4 nitrogen and oxygen atoms in total. The Kier molecular flexibility index (Phi) is 4.14. The van der Waals surface area contributed by atoms with Gasteiger partial charge in [0.1, 0.15) is 0 Å². The van der Waals surface area contributed by atoms with E-state index in [0.29, 0.717) is 31.7 Å². The van der Waals surface area contributed by atoms with Crippen molar-refractivity contribution in [3.05, 3.63) is 0 Å². The molecule has 4 unspecified atom stereocenters. The molecule has 0 spiro atoms. The van der Waals surface area contributed by atoms with Crippen molar-refractivity contribution in [1.29, 1.82) is 0 Å². The van der Waals surface area contributed by atoms with Crippen molar-refractivity contribution in [3.8, 4) is 0 Å². The van der Waals surface area contributed by atoms with E-state index in [0.717, 1.165) is 25.7 Å². The predicted molar refractivity (Wildman–Crippen MR) is 71.7 cm³/mol. The van der Waals surface area contributed by atoms with Crippen LogP contribution in [0.3, 0.4) is 0 Å². The van der Waals surface area contributed by atoms with Crippen molar-refractivity contribution in [1.82, 2.24) is 15.5 Å². The number of nitrogens with zero attached hydrogens (tertiary/aromatic N) is 1. The average molecular weight is 305 g/mol. The number of rotatable bonds is 4. The lowest BCUT2D eigenvalue weighted by Crippen LogP contribution is -2.40. The molecule has 2 N–H and O–H groups in total. The summed E-state index contributed by atoms with van der Waals surface area (Å²) in [6.07, 6.45) is -0.283. The molecule has 3 heterocycles. The molecule has 0 saturated carbocycles. The summed E-state index contributed by atoms with van der Waals surface area (Å²) >= 11 is 0. The van der Waals surface area contributed by atoms with E-state index < -0.39 is 12.7 Å². The topological polar surface area (TPSA) is 44.4 Å². The predicted octanol–water partition coefficient (Wildman–Crippen LogP) is 1.13. The Morgan fingerprint density at radius 2 is 2.10 bits per heavy atom. The van der Waals surface area contributed by atoms with Crippen LogP contribution in [0.4, 0.5) is 13.2 Å². The number of alkyl halides is 3. The highest BCUT2D eigenvalue weighted by molar-refractivity contribution is 5.80. The minimum absolute atomic E-state index is 0.0523. The molecule has 3 fully saturated rings. The standard InChI is InChI=1S/C14H22F3N3O/c15-14(16,17)8-20-4-3-9(7-20)6-18-13(21)11-5-10-1-2-12(11)19-10/h9-12,19H,1-8H2,(H,18,21). The van der Waals surface area contributed by atoms with E-state index in [1.54, 1.807) is 0 Å². The fourth-order valence-corrected chi connectivity index (χ4v) is 3.97. The fourth-order valence-electron chi connectivity index (χ4n) is 3.97. The first kappa shape index (κ1) is 15.1. The monoisotopic (exact) mass is 305 g/mol. The van der Waals surface area contributed by atoms with Crippen LogP contribution < -0.4 is 10.6 Å². The minimum atomic E-state index is -4.13. The number of fused-ring (bicyclic) bond motifs is 2. The van der Waals surface area contributed by atoms with Crippen LogP contribution in [0.25, 0.3) is 0 Å². The molecule has 3 saturated heterocycles. The highest BCUT2D eigenvalue weighted by Gasteiger charge is 2.42. The Labute approximate surface area is 122 Å². The third-order valence-corrected chi connectivity index (χ3v) is 4.97. The SMILES string of the molecule is O=C(NCC1CCN(CC(F)(F)F)C1)C1CC2CCC1N2. The van der Waals surface area contributed by atoms with Gasteiger partial charge in [-0.15, -0.1) is 0 Å². The van der Waals surface area contributed by atoms with Crippen molar-refractivity contribution < 1.29 is 18.0 Å². The molecule has 3 rings (SSSR count). The van der Waals surface area contributed by atoms with Gasteiger partial charge < -0.3 is 10.6 Å². The summed E-state index contributed by atoms with van der Waals surface area (Å²) in [5, 5.41) is 6.37. The minimum Gasteiger partial charge on any atom is -0.355 e. The van der Waals surface area contributed by atoms with E-state index in [4.69, 9.17) is 0 Å². The number of amides is 1. The van der Waals surface area contributed by atoms with Crippen molar-refractivity contribution in [2.45, 2.75) is 43.9 Å². The zero-order chi connectivity index (χ0) is 15.0. The van der Waals surface area contributed by atoms with Gasteiger partial charge in [0.25, 0.3) is 0 Å². The van der Waals surface area contributed by atoms with Crippen molar-refractivity contribution in [2.75, 3.05) is 26.2 Å². The maximum atomic E-state index is 12.3. The first-order chi connectivity index (χ1) is 9.90. The molecule has 0 radical (unpaired) electrons. The van der Waals surface area contributed by atoms with Crippen LogP contribution in [0.2, 0.25) is 0 Å². The lowest BCUT2D eigenvalue weighted by molar-refractivity contribution is -0.143. The van der Waals surface area contributed by atoms with Gasteiger partial charge in [-0.3, -0.25) is 9.69 Å². The van der Waals surface area contributed by atoms with Crippen LogP contribution in [0, 0.1) is 11.8 Å². The van der Waals surface area contributed by atoms with Gasteiger partial charge in [-0.05, 0) is 38.1 Å². The molecule has 3 aliphatic heterocycles. The molecular formula is C14H22F3N3O. The zero-order valence-electron chi connectivity index (χ0n) is 12.0. The number of hydrogen-bond acceptors (Lipinski definition) is 3. The first-order valence-corrected chi connectivity index (χ1v) is 7.73. The summed E-state index contributed by atoms with van der Waals surface area (Å²) in [5.74, 6) is 0.267. The lowest BCUT2D eigenvalue weighted by Gasteiger charge is -2.21. The number of nitrogens with one attached hydrogen (secondary N) is 2. The zero-order valence-corrected chi connectivity index (χ0v) is 12.0. The summed E-state index contributed by atoms with van der Waals surface area (Å²) in [4.78, 5) is 13.6. The summed E-state index contributed by atoms with van der Waals surface area (Å²) in [7, 11) is 0. The molecule has 120 valence electrons. The molecule has 2 bridgehead atoms. The largest absolute Gasteiger partial charge is 0.401 e. The molecule has 21 heavy (non-hydrogen) atoms. The average Bonchev–Trinajstić information content (AvgIpc) is 3.09. The number of hydrogen-bond donors (Lipinski definition) is 2. The Balaban J connectivity index is 1.39. The van der Waals surface area contributed by atoms with Gasteiger partial charge in [0.05, 0.1) is 12.5 Å². The van der Waals surface area contributed by atoms with Crippen molar-refractivity contribution in [3.63, 3.8) is 0 Å². The maximum Gasteiger partial charge on any atom is 0.401 e. The first-order valence-electron chi connectivity index (χ1n) is 7.73. The highest BCUT2D eigenvalue weighted by atomic mass is 19.4. The summed E-state index contributed by atoms with van der Waals surface area (Å²) in [5.41, 5.74) is 0. The van der Waals surface area contributed by atoms with E-state index in [1.807, 2.05) is 0 Å². The summed E-state index contributed by atoms with van der Waals surface area (Å²) in [6.45, 7) is 0.555. The van der Waals surface area contributed by atoms with Crippen LogP contribution in [0.5, 0.6) is 0 Å². The quantitative estimate of drug-likeness (QED) is 0.818. The lowest BCUT2D eigenvalue weighted by atomic mass is 9.88. The van der Waals surface area contributed by atoms with Gasteiger partial charge in [0.2, 0.25) is 5.91 Å². The van der Waals surface area contributed by atoms with E-state index >= 15 is 0 Å². The maximum absolute atomic E-state index is 12.3. The smallest absolute Gasteiger partial charge is 0.355 e. The molecule has 3 aliphatic rings. The number of carbonyl (C=O) groups is 1. The second kappa shape index (κ2) is 5.76. The fraction of sp³-hybridized carbons (Fsp3) is 0.929. The van der Waals surface area contributed by atoms with Crippen LogP contribution in [0.15, 0.2) is 0 Å². The van der Waals surface area contributed by atoms with E-state index in [1.165, 1.54) is 4.90 Å². The van der Waals surface area contributed by atoms with Gasteiger partial charge in [-0.2, -0.15) is 13.2 Å². The third-order valence-electron chi connectivity index (χ3n) is 4.97. The summed E-state index contributed by atoms with van der Waals surface area (Å²) in [6, 6.07) is 0.791. The van der Waals surface area contributed by atoms with E-state index in [2.05, 4.69) is 10.6 Å².